The van der Waals surface area contributed by atoms with Gasteiger partial charge in [0.15, 0.2) is 0 Å². The van der Waals surface area contributed by atoms with Crippen LogP contribution in [0.2, 0.25) is 0 Å². The van der Waals surface area contributed by atoms with Gasteiger partial charge in [-0.1, -0.05) is 12.8 Å². The molecule has 2 unspecified atom stereocenters. The first-order chi connectivity index (χ1) is 6.92. The van der Waals surface area contributed by atoms with Crippen molar-refractivity contribution in [2.24, 2.45) is 5.92 Å². The van der Waals surface area contributed by atoms with E-state index >= 15 is 0 Å². The number of hydrogen-bond acceptors (Lipinski definition) is 1. The molecule has 0 aromatic rings. The Morgan fingerprint density at radius 1 is 1.07 bits per heavy atom. The zero-order chi connectivity index (χ0) is 9.80. The fraction of sp³-hybridized carbons (Fsp3) is 1.00. The van der Waals surface area contributed by atoms with Crippen LogP contribution in [0.15, 0.2) is 0 Å². The molecule has 0 bridgehead atoms. The van der Waals surface area contributed by atoms with Gasteiger partial charge in [-0.25, -0.2) is 0 Å². The van der Waals surface area contributed by atoms with Gasteiger partial charge in [0.05, 0.1) is 0 Å². The van der Waals surface area contributed by atoms with Gasteiger partial charge in [0.25, 0.3) is 0 Å². The van der Waals surface area contributed by atoms with E-state index in [-0.39, 0.29) is 0 Å². The topological polar surface area (TPSA) is 3.24 Å². The lowest BCUT2D eigenvalue weighted by Crippen LogP contribution is -2.47. The Bertz CT molecular complexity index is 170. The Balaban J connectivity index is 1.88. The zero-order valence-electron chi connectivity index (χ0n) is 9.05. The first-order valence-corrected chi connectivity index (χ1v) is 6.75. The largest absolute Gasteiger partial charge is 0.300 e. The standard InChI is InChI=1S/C12H22ClN/c13-8-4-10-14-9-3-6-11-5-1-2-7-12(11)14/h11-12H,1-10H2. The quantitative estimate of drug-likeness (QED) is 0.654. The molecule has 1 aliphatic heterocycles. The number of likely N-dealkylation sites (tertiary alicyclic amines) is 1. The van der Waals surface area contributed by atoms with Crippen molar-refractivity contribution in [2.75, 3.05) is 19.0 Å². The normalized spacial score (nSPS) is 34.1. The van der Waals surface area contributed by atoms with E-state index < -0.39 is 0 Å². The fourth-order valence-electron chi connectivity index (χ4n) is 3.27. The number of rotatable bonds is 3. The molecule has 1 saturated carbocycles. The van der Waals surface area contributed by atoms with Crippen molar-refractivity contribution in [2.45, 2.75) is 51.0 Å². The van der Waals surface area contributed by atoms with Gasteiger partial charge < -0.3 is 4.90 Å². The Hall–Kier alpha value is 0.250. The molecule has 14 heavy (non-hydrogen) atoms. The van der Waals surface area contributed by atoms with Crippen molar-refractivity contribution >= 4 is 11.6 Å². The van der Waals surface area contributed by atoms with E-state index in [1.807, 2.05) is 0 Å². The highest BCUT2D eigenvalue weighted by molar-refractivity contribution is 6.17. The number of halogens is 1. The zero-order valence-corrected chi connectivity index (χ0v) is 9.81. The molecule has 2 aliphatic rings. The van der Waals surface area contributed by atoms with Crippen LogP contribution in [0.3, 0.4) is 0 Å². The molecule has 0 N–H and O–H groups in total. The van der Waals surface area contributed by atoms with Gasteiger partial charge in [-0.15, -0.1) is 11.6 Å². The summed E-state index contributed by atoms with van der Waals surface area (Å²) in [5.41, 5.74) is 0. The fourth-order valence-corrected chi connectivity index (χ4v) is 3.39. The highest BCUT2D eigenvalue weighted by atomic mass is 35.5. The molecule has 1 heterocycles. The molecule has 0 radical (unpaired) electrons. The second-order valence-corrected chi connectivity index (χ2v) is 5.21. The van der Waals surface area contributed by atoms with Gasteiger partial charge in [0.2, 0.25) is 0 Å². The van der Waals surface area contributed by atoms with Crippen molar-refractivity contribution in [3.63, 3.8) is 0 Å². The van der Waals surface area contributed by atoms with E-state index in [9.17, 15) is 0 Å². The van der Waals surface area contributed by atoms with Crippen molar-refractivity contribution in [3.8, 4) is 0 Å². The van der Waals surface area contributed by atoms with E-state index in [0.717, 1.165) is 17.8 Å². The van der Waals surface area contributed by atoms with E-state index in [2.05, 4.69) is 4.90 Å². The maximum atomic E-state index is 5.77. The van der Waals surface area contributed by atoms with Crippen LogP contribution in [0.25, 0.3) is 0 Å². The first kappa shape index (κ1) is 10.8. The smallest absolute Gasteiger partial charge is 0.0235 e. The molecular weight excluding hydrogens is 194 g/mol. The van der Waals surface area contributed by atoms with E-state index in [4.69, 9.17) is 11.6 Å². The van der Waals surface area contributed by atoms with Gasteiger partial charge in [-0.3, -0.25) is 0 Å². The minimum absolute atomic E-state index is 0.827. The average Bonchev–Trinajstić information content (AvgIpc) is 2.26. The van der Waals surface area contributed by atoms with Crippen molar-refractivity contribution in [1.29, 1.82) is 0 Å². The van der Waals surface area contributed by atoms with E-state index in [1.165, 1.54) is 58.0 Å². The van der Waals surface area contributed by atoms with Crippen molar-refractivity contribution in [1.82, 2.24) is 4.90 Å². The number of piperidine rings is 1. The molecular formula is C12H22ClN. The lowest BCUT2D eigenvalue weighted by molar-refractivity contribution is 0.0613. The molecule has 2 heteroatoms. The van der Waals surface area contributed by atoms with Crippen LogP contribution in [-0.2, 0) is 0 Å². The summed E-state index contributed by atoms with van der Waals surface area (Å²) in [5.74, 6) is 1.85. The number of alkyl halides is 1. The second-order valence-electron chi connectivity index (χ2n) is 4.83. The third-order valence-corrected chi connectivity index (χ3v) is 4.20. The second kappa shape index (κ2) is 5.37. The predicted molar refractivity (Wildman–Crippen MR) is 61.9 cm³/mol. The maximum absolute atomic E-state index is 5.77. The highest BCUT2D eigenvalue weighted by Crippen LogP contribution is 2.35. The average molecular weight is 216 g/mol. The summed E-state index contributed by atoms with van der Waals surface area (Å²) in [7, 11) is 0. The molecule has 82 valence electrons. The van der Waals surface area contributed by atoms with Crippen LogP contribution in [-0.4, -0.2) is 29.9 Å². The molecule has 1 aliphatic carbocycles. The Kier molecular flexibility index (Phi) is 4.12. The Morgan fingerprint density at radius 2 is 1.86 bits per heavy atom. The molecule has 2 atom stereocenters. The lowest BCUT2D eigenvalue weighted by Gasteiger charge is -2.44. The molecule has 2 rings (SSSR count). The van der Waals surface area contributed by atoms with Crippen LogP contribution in [0.1, 0.15) is 44.9 Å². The van der Waals surface area contributed by atoms with Gasteiger partial charge in [-0.2, -0.15) is 0 Å². The molecule has 2 fully saturated rings. The van der Waals surface area contributed by atoms with Crippen molar-refractivity contribution < 1.29 is 0 Å². The lowest BCUT2D eigenvalue weighted by atomic mass is 9.78. The van der Waals surface area contributed by atoms with Gasteiger partial charge in [-0.05, 0) is 51.1 Å². The van der Waals surface area contributed by atoms with Gasteiger partial charge >= 0.3 is 0 Å². The van der Waals surface area contributed by atoms with E-state index in [1.54, 1.807) is 0 Å². The van der Waals surface area contributed by atoms with Crippen LogP contribution in [0.5, 0.6) is 0 Å². The van der Waals surface area contributed by atoms with Crippen LogP contribution in [0.4, 0.5) is 0 Å². The number of fused-ring (bicyclic) bond motifs is 1. The minimum atomic E-state index is 0.827. The molecule has 1 saturated heterocycles. The molecule has 0 spiro atoms. The maximum Gasteiger partial charge on any atom is 0.0235 e. The summed E-state index contributed by atoms with van der Waals surface area (Å²) < 4.78 is 0. The summed E-state index contributed by atoms with van der Waals surface area (Å²) in [6, 6.07) is 0.917. The summed E-state index contributed by atoms with van der Waals surface area (Å²) in [6.45, 7) is 2.57. The third kappa shape index (κ3) is 2.43. The number of nitrogens with zero attached hydrogens (tertiary/aromatic N) is 1. The van der Waals surface area contributed by atoms with Gasteiger partial charge in [0, 0.05) is 11.9 Å². The van der Waals surface area contributed by atoms with Crippen molar-refractivity contribution in [3.05, 3.63) is 0 Å². The van der Waals surface area contributed by atoms with Crippen LogP contribution in [0, 0.1) is 5.92 Å². The summed E-state index contributed by atoms with van der Waals surface area (Å²) in [4.78, 5) is 2.72. The first-order valence-electron chi connectivity index (χ1n) is 6.22. The number of hydrogen-bond donors (Lipinski definition) is 0. The van der Waals surface area contributed by atoms with Gasteiger partial charge in [0.1, 0.15) is 0 Å². The molecule has 0 amide bonds. The Labute approximate surface area is 92.8 Å². The molecule has 0 aromatic heterocycles. The molecule has 1 nitrogen and oxygen atoms in total. The third-order valence-electron chi connectivity index (χ3n) is 3.94. The monoisotopic (exact) mass is 215 g/mol. The summed E-state index contributed by atoms with van der Waals surface area (Å²) in [5, 5.41) is 0. The predicted octanol–water partition coefficient (Wildman–Crippen LogP) is 3.27. The SMILES string of the molecule is ClCCCN1CCCC2CCCCC21. The Morgan fingerprint density at radius 3 is 2.71 bits per heavy atom. The molecule has 0 aromatic carbocycles. The summed E-state index contributed by atoms with van der Waals surface area (Å²) >= 11 is 5.77. The van der Waals surface area contributed by atoms with E-state index in [0.29, 0.717) is 0 Å². The summed E-state index contributed by atoms with van der Waals surface area (Å²) in [6.07, 6.45) is 9.95. The van der Waals surface area contributed by atoms with Crippen LogP contribution >= 0.6 is 11.6 Å². The highest BCUT2D eigenvalue weighted by Gasteiger charge is 2.32. The minimum Gasteiger partial charge on any atom is -0.300 e. The van der Waals surface area contributed by atoms with Crippen LogP contribution < -0.4 is 0 Å².